The molecule has 0 fully saturated rings. The fraction of sp³-hybridized carbons (Fsp3) is 0.478. The lowest BCUT2D eigenvalue weighted by atomic mass is 9.80. The Morgan fingerprint density at radius 2 is 1.52 bits per heavy atom. The lowest BCUT2D eigenvalue weighted by Gasteiger charge is -2.26. The number of methoxy groups -OCH3 is 2. The molecule has 0 spiro atoms. The molecule has 0 aromatic heterocycles. The second-order valence-corrected chi connectivity index (χ2v) is 9.16. The molecule has 0 saturated carbocycles. The van der Waals surface area contributed by atoms with Crippen molar-refractivity contribution >= 4 is 5.69 Å². The van der Waals surface area contributed by atoms with Crippen LogP contribution in [0.4, 0.5) is 5.69 Å². The summed E-state index contributed by atoms with van der Waals surface area (Å²) in [5.41, 5.74) is 4.63. The molecule has 27 heavy (non-hydrogen) atoms. The normalized spacial score (nSPS) is 16.4. The summed E-state index contributed by atoms with van der Waals surface area (Å²) in [6.45, 7) is 13.4. The van der Waals surface area contributed by atoms with E-state index in [1.165, 1.54) is 11.1 Å². The molecule has 0 aliphatic carbocycles. The zero-order valence-corrected chi connectivity index (χ0v) is 17.7. The standard InChI is InChI=1S/C23H31NO3/c1-22(2,3)15-12-16(23(4,5)6)20-17(13-15)24-21(27-20)14-9-10-18(25-7)19(11-14)26-8/h9-13,21,24H,1-8H3. The molecular formula is C23H31NO3. The molecular weight excluding hydrogens is 338 g/mol. The van der Waals surface area contributed by atoms with Crippen LogP contribution in [0.25, 0.3) is 0 Å². The minimum atomic E-state index is -0.254. The number of fused-ring (bicyclic) bond motifs is 1. The van der Waals surface area contributed by atoms with Gasteiger partial charge in [0.1, 0.15) is 5.75 Å². The number of hydrogen-bond donors (Lipinski definition) is 1. The molecule has 0 saturated heterocycles. The van der Waals surface area contributed by atoms with Gasteiger partial charge in [-0.2, -0.15) is 0 Å². The van der Waals surface area contributed by atoms with E-state index in [9.17, 15) is 0 Å². The van der Waals surface area contributed by atoms with Crippen LogP contribution >= 0.6 is 0 Å². The van der Waals surface area contributed by atoms with Crippen LogP contribution < -0.4 is 19.5 Å². The molecule has 1 unspecified atom stereocenters. The van der Waals surface area contributed by atoms with Crippen LogP contribution in [0.1, 0.15) is 64.5 Å². The molecule has 1 N–H and O–H groups in total. The summed E-state index contributed by atoms with van der Waals surface area (Å²) < 4.78 is 17.2. The summed E-state index contributed by atoms with van der Waals surface area (Å²) in [5.74, 6) is 2.35. The monoisotopic (exact) mass is 369 g/mol. The van der Waals surface area contributed by atoms with Gasteiger partial charge in [0.25, 0.3) is 0 Å². The summed E-state index contributed by atoms with van der Waals surface area (Å²) in [7, 11) is 3.29. The van der Waals surface area contributed by atoms with E-state index in [-0.39, 0.29) is 17.1 Å². The third-order valence-corrected chi connectivity index (χ3v) is 5.00. The van der Waals surface area contributed by atoms with E-state index in [1.807, 2.05) is 18.2 Å². The molecule has 4 heteroatoms. The fourth-order valence-corrected chi connectivity index (χ4v) is 3.31. The lowest BCUT2D eigenvalue weighted by molar-refractivity contribution is 0.253. The van der Waals surface area contributed by atoms with E-state index in [4.69, 9.17) is 14.2 Å². The highest BCUT2D eigenvalue weighted by molar-refractivity contribution is 5.68. The average Bonchev–Trinajstić information content (AvgIpc) is 3.02. The maximum atomic E-state index is 6.38. The molecule has 0 radical (unpaired) electrons. The predicted octanol–water partition coefficient (Wildman–Crippen LogP) is 5.80. The predicted molar refractivity (Wildman–Crippen MR) is 110 cm³/mol. The maximum absolute atomic E-state index is 6.38. The molecule has 146 valence electrons. The molecule has 1 aliphatic heterocycles. The number of ether oxygens (including phenoxy) is 3. The lowest BCUT2D eigenvalue weighted by Crippen LogP contribution is -2.17. The SMILES string of the molecule is COc1ccc(C2Nc3cc(C(C)(C)C)cc(C(C)(C)C)c3O2)cc1OC. The van der Waals surface area contributed by atoms with Crippen LogP contribution in [-0.4, -0.2) is 14.2 Å². The molecule has 2 aromatic rings. The number of rotatable bonds is 3. The maximum Gasteiger partial charge on any atom is 0.196 e. The van der Waals surface area contributed by atoms with Gasteiger partial charge in [0.2, 0.25) is 0 Å². The molecule has 1 aliphatic rings. The van der Waals surface area contributed by atoms with E-state index in [1.54, 1.807) is 14.2 Å². The quantitative estimate of drug-likeness (QED) is 0.742. The van der Waals surface area contributed by atoms with Gasteiger partial charge in [-0.25, -0.2) is 0 Å². The van der Waals surface area contributed by atoms with Gasteiger partial charge in [0, 0.05) is 11.1 Å². The molecule has 0 amide bonds. The highest BCUT2D eigenvalue weighted by Crippen LogP contribution is 2.47. The van der Waals surface area contributed by atoms with Crippen molar-refractivity contribution < 1.29 is 14.2 Å². The summed E-state index contributed by atoms with van der Waals surface area (Å²) in [5, 5.41) is 3.55. The van der Waals surface area contributed by atoms with Gasteiger partial charge >= 0.3 is 0 Å². The molecule has 1 atom stereocenters. The first-order chi connectivity index (χ1) is 12.5. The van der Waals surface area contributed by atoms with E-state index >= 15 is 0 Å². The summed E-state index contributed by atoms with van der Waals surface area (Å²) in [6, 6.07) is 10.4. The van der Waals surface area contributed by atoms with Gasteiger partial charge in [-0.15, -0.1) is 0 Å². The molecule has 2 aromatic carbocycles. The summed E-state index contributed by atoms with van der Waals surface area (Å²) in [6.07, 6.45) is -0.254. The van der Waals surface area contributed by atoms with Crippen molar-refractivity contribution in [1.82, 2.24) is 0 Å². The summed E-state index contributed by atoms with van der Waals surface area (Å²) >= 11 is 0. The highest BCUT2D eigenvalue weighted by atomic mass is 16.5. The topological polar surface area (TPSA) is 39.7 Å². The van der Waals surface area contributed by atoms with Crippen LogP contribution in [0.2, 0.25) is 0 Å². The molecule has 1 heterocycles. The Bertz CT molecular complexity index is 844. The first kappa shape index (κ1) is 19.4. The Labute approximate surface area is 162 Å². The molecule has 0 bridgehead atoms. The van der Waals surface area contributed by atoms with Crippen molar-refractivity contribution in [2.45, 2.75) is 58.6 Å². The smallest absolute Gasteiger partial charge is 0.196 e. The third-order valence-electron chi connectivity index (χ3n) is 5.00. The fourth-order valence-electron chi connectivity index (χ4n) is 3.31. The van der Waals surface area contributed by atoms with Crippen molar-refractivity contribution in [1.29, 1.82) is 0 Å². The van der Waals surface area contributed by atoms with Gasteiger partial charge in [0.15, 0.2) is 17.7 Å². The average molecular weight is 370 g/mol. The van der Waals surface area contributed by atoms with Crippen molar-refractivity contribution in [3.8, 4) is 17.2 Å². The Morgan fingerprint density at radius 1 is 0.852 bits per heavy atom. The van der Waals surface area contributed by atoms with Crippen LogP contribution in [0, 0.1) is 0 Å². The van der Waals surface area contributed by atoms with E-state index in [0.717, 1.165) is 17.0 Å². The number of hydrogen-bond acceptors (Lipinski definition) is 4. The number of anilines is 1. The summed E-state index contributed by atoms with van der Waals surface area (Å²) in [4.78, 5) is 0. The van der Waals surface area contributed by atoms with Crippen LogP contribution in [-0.2, 0) is 10.8 Å². The van der Waals surface area contributed by atoms with Crippen molar-refractivity contribution in [2.24, 2.45) is 0 Å². The second kappa shape index (κ2) is 6.66. The highest BCUT2D eigenvalue weighted by Gasteiger charge is 2.32. The Balaban J connectivity index is 2.03. The van der Waals surface area contributed by atoms with Gasteiger partial charge in [-0.1, -0.05) is 47.6 Å². The number of benzene rings is 2. The zero-order chi connectivity index (χ0) is 20.0. The van der Waals surface area contributed by atoms with E-state index in [2.05, 4.69) is 59.0 Å². The third kappa shape index (κ3) is 3.71. The van der Waals surface area contributed by atoms with Crippen LogP contribution in [0.15, 0.2) is 30.3 Å². The Kier molecular flexibility index (Phi) is 4.79. The van der Waals surface area contributed by atoms with Gasteiger partial charge < -0.3 is 19.5 Å². The van der Waals surface area contributed by atoms with Gasteiger partial charge in [0.05, 0.1) is 19.9 Å². The van der Waals surface area contributed by atoms with Crippen molar-refractivity contribution in [3.63, 3.8) is 0 Å². The zero-order valence-electron chi connectivity index (χ0n) is 17.7. The van der Waals surface area contributed by atoms with E-state index < -0.39 is 0 Å². The van der Waals surface area contributed by atoms with Crippen molar-refractivity contribution in [2.75, 3.05) is 19.5 Å². The minimum Gasteiger partial charge on any atom is -0.493 e. The molecule has 4 nitrogen and oxygen atoms in total. The van der Waals surface area contributed by atoms with Crippen molar-refractivity contribution in [3.05, 3.63) is 47.0 Å². The van der Waals surface area contributed by atoms with Crippen LogP contribution in [0.3, 0.4) is 0 Å². The first-order valence-corrected chi connectivity index (χ1v) is 9.38. The van der Waals surface area contributed by atoms with E-state index in [0.29, 0.717) is 11.5 Å². The second-order valence-electron chi connectivity index (χ2n) is 9.16. The van der Waals surface area contributed by atoms with Gasteiger partial charge in [-0.05, 0) is 40.7 Å². The first-order valence-electron chi connectivity index (χ1n) is 9.38. The Hall–Kier alpha value is -2.36. The van der Waals surface area contributed by atoms with Crippen LogP contribution in [0.5, 0.6) is 17.2 Å². The molecule has 3 rings (SSSR count). The number of nitrogens with one attached hydrogen (secondary N) is 1. The van der Waals surface area contributed by atoms with Gasteiger partial charge in [-0.3, -0.25) is 0 Å². The Morgan fingerprint density at radius 3 is 2.07 bits per heavy atom. The largest absolute Gasteiger partial charge is 0.493 e. The minimum absolute atomic E-state index is 0.0144.